The number of hydrogen-bond acceptors (Lipinski definition) is 5. The van der Waals surface area contributed by atoms with E-state index in [1.54, 1.807) is 0 Å². The molecule has 0 aliphatic carbocycles. The van der Waals surface area contributed by atoms with Crippen LogP contribution in [0.4, 0.5) is 0 Å². The van der Waals surface area contributed by atoms with Crippen molar-refractivity contribution in [3.8, 4) is 5.69 Å². The molecular weight excluding hydrogens is 466 g/mol. The minimum Gasteiger partial charge on any atom is -0.454 e. The van der Waals surface area contributed by atoms with E-state index in [4.69, 9.17) is 26.8 Å². The normalized spacial score (nSPS) is 13.9. The van der Waals surface area contributed by atoms with Crippen LogP contribution in [0.1, 0.15) is 48.7 Å². The third-order valence-electron chi connectivity index (χ3n) is 6.18. The predicted octanol–water partition coefficient (Wildman–Crippen LogP) is 5.48. The third-order valence-corrected chi connectivity index (χ3v) is 6.46. The van der Waals surface area contributed by atoms with Crippen LogP contribution in [-0.4, -0.2) is 25.2 Å². The quantitative estimate of drug-likeness (QED) is 0.147. The molecule has 9 heteroatoms. The second kappa shape index (κ2) is 9.76. The van der Waals surface area contributed by atoms with Crippen molar-refractivity contribution in [2.75, 3.05) is 0 Å². The average molecular weight is 492 g/mol. The molecule has 0 amide bonds. The molecule has 0 bridgehead atoms. The van der Waals surface area contributed by atoms with E-state index < -0.39 is 6.29 Å². The Morgan fingerprint density at radius 3 is 2.71 bits per heavy atom. The zero-order valence-electron chi connectivity index (χ0n) is 19.3. The number of imidazole rings is 1. The van der Waals surface area contributed by atoms with Crippen LogP contribution in [-0.2, 0) is 22.4 Å². The van der Waals surface area contributed by atoms with Crippen molar-refractivity contribution in [3.63, 3.8) is 0 Å². The molecule has 5 rings (SSSR count). The van der Waals surface area contributed by atoms with Gasteiger partial charge in [0.1, 0.15) is 24.0 Å². The Morgan fingerprint density at radius 1 is 1.14 bits per heavy atom. The Labute approximate surface area is 207 Å². The summed E-state index contributed by atoms with van der Waals surface area (Å²) >= 11 is 6.57. The summed E-state index contributed by atoms with van der Waals surface area (Å²) in [4.78, 5) is 4.65. The molecule has 35 heavy (non-hydrogen) atoms. The molecule has 0 spiro atoms. The molecular formula is C26H26ClN5O3. The highest BCUT2D eigenvalue weighted by Gasteiger charge is 2.28. The Hall–Kier alpha value is -3.91. The van der Waals surface area contributed by atoms with Gasteiger partial charge in [0.25, 0.3) is 6.29 Å². The largest absolute Gasteiger partial charge is 0.454 e. The van der Waals surface area contributed by atoms with Gasteiger partial charge in [-0.1, -0.05) is 54.4 Å². The van der Waals surface area contributed by atoms with Crippen molar-refractivity contribution in [1.29, 1.82) is 0 Å². The SMILES string of the molecule is CCCCc1nc(Cl)c(C2OC=CO2)n1Cc1cccc2c1ccn2-c1ccccc1C(N)=NO. The van der Waals surface area contributed by atoms with Gasteiger partial charge in [0.2, 0.25) is 0 Å². The molecule has 0 radical (unpaired) electrons. The summed E-state index contributed by atoms with van der Waals surface area (Å²) in [6.07, 6.45) is 7.26. The van der Waals surface area contributed by atoms with Crippen LogP contribution >= 0.6 is 11.6 Å². The maximum Gasteiger partial charge on any atom is 0.284 e. The molecule has 180 valence electrons. The lowest BCUT2D eigenvalue weighted by molar-refractivity contribution is -0.0303. The van der Waals surface area contributed by atoms with Crippen molar-refractivity contribution in [2.24, 2.45) is 10.9 Å². The van der Waals surface area contributed by atoms with E-state index in [0.29, 0.717) is 23.0 Å². The molecule has 4 aromatic rings. The third kappa shape index (κ3) is 4.21. The van der Waals surface area contributed by atoms with Gasteiger partial charge in [-0.25, -0.2) is 4.98 Å². The maximum absolute atomic E-state index is 9.25. The van der Waals surface area contributed by atoms with Gasteiger partial charge >= 0.3 is 0 Å². The van der Waals surface area contributed by atoms with Crippen LogP contribution in [0.5, 0.6) is 0 Å². The molecule has 0 unspecified atom stereocenters. The zero-order valence-corrected chi connectivity index (χ0v) is 20.0. The van der Waals surface area contributed by atoms with Gasteiger partial charge in [-0.2, -0.15) is 0 Å². The number of nitrogens with two attached hydrogens (primary N) is 1. The first kappa shape index (κ1) is 22.9. The molecule has 3 N–H and O–H groups in total. The number of oxime groups is 1. The van der Waals surface area contributed by atoms with Crippen LogP contribution < -0.4 is 5.73 Å². The van der Waals surface area contributed by atoms with Gasteiger partial charge in [-0.3, -0.25) is 0 Å². The molecule has 0 fully saturated rings. The molecule has 2 aromatic carbocycles. The van der Waals surface area contributed by atoms with E-state index >= 15 is 0 Å². The molecule has 8 nitrogen and oxygen atoms in total. The minimum atomic E-state index is -0.623. The average Bonchev–Trinajstić information content (AvgIpc) is 3.62. The molecule has 0 saturated heterocycles. The fourth-order valence-corrected chi connectivity index (χ4v) is 4.77. The lowest BCUT2D eigenvalue weighted by Crippen LogP contribution is -2.16. The number of rotatable bonds is 8. The number of hydrogen-bond donors (Lipinski definition) is 2. The number of benzene rings is 2. The first-order valence-corrected chi connectivity index (χ1v) is 11.9. The van der Waals surface area contributed by atoms with Gasteiger partial charge < -0.3 is 29.5 Å². The number of ether oxygens (including phenoxy) is 2. The number of aryl methyl sites for hydroxylation is 1. The van der Waals surface area contributed by atoms with E-state index in [-0.39, 0.29) is 5.84 Å². The summed E-state index contributed by atoms with van der Waals surface area (Å²) < 4.78 is 15.4. The van der Waals surface area contributed by atoms with Crippen molar-refractivity contribution >= 4 is 28.3 Å². The lowest BCUT2D eigenvalue weighted by atomic mass is 10.1. The van der Waals surface area contributed by atoms with Crippen molar-refractivity contribution < 1.29 is 14.7 Å². The van der Waals surface area contributed by atoms with Gasteiger partial charge in [0, 0.05) is 30.1 Å². The monoisotopic (exact) mass is 491 g/mol. The molecule has 3 heterocycles. The number of nitrogens with zero attached hydrogens (tertiary/aromatic N) is 4. The second-order valence-corrected chi connectivity index (χ2v) is 8.67. The number of halogens is 1. The fourth-order valence-electron chi connectivity index (χ4n) is 4.48. The highest BCUT2D eigenvalue weighted by Crippen LogP contribution is 2.33. The first-order chi connectivity index (χ1) is 17.1. The summed E-state index contributed by atoms with van der Waals surface area (Å²) in [5, 5.41) is 13.9. The van der Waals surface area contributed by atoms with Gasteiger partial charge in [-0.15, -0.1) is 0 Å². The predicted molar refractivity (Wildman–Crippen MR) is 135 cm³/mol. The number of fused-ring (bicyclic) bond motifs is 1. The van der Waals surface area contributed by atoms with Crippen molar-refractivity contribution in [1.82, 2.24) is 14.1 Å². The summed E-state index contributed by atoms with van der Waals surface area (Å²) in [5.74, 6) is 0.960. The van der Waals surface area contributed by atoms with Crippen LogP contribution in [0.2, 0.25) is 5.15 Å². The standard InChI is InChI=1S/C26H26ClN5O3/c1-2-3-11-22-29-24(27)23(26-34-14-15-35-26)32(22)16-17-7-6-10-20-18(17)12-13-31(20)21-9-5-4-8-19(21)25(28)30-33/h4-10,12-15,26,33H,2-3,11,16H2,1H3,(H2,28,30). The molecule has 1 aliphatic heterocycles. The van der Waals surface area contributed by atoms with Crippen LogP contribution in [0.25, 0.3) is 16.6 Å². The van der Waals surface area contributed by atoms with E-state index in [1.165, 1.54) is 12.5 Å². The number of aromatic nitrogens is 3. The summed E-state index contributed by atoms with van der Waals surface area (Å²) in [7, 11) is 0. The zero-order chi connectivity index (χ0) is 24.4. The molecule has 2 aromatic heterocycles. The maximum atomic E-state index is 9.25. The van der Waals surface area contributed by atoms with Crippen molar-refractivity contribution in [3.05, 3.63) is 95.1 Å². The van der Waals surface area contributed by atoms with E-state index in [9.17, 15) is 5.21 Å². The highest BCUT2D eigenvalue weighted by atomic mass is 35.5. The van der Waals surface area contributed by atoms with Gasteiger partial charge in [0.05, 0.1) is 11.2 Å². The summed E-state index contributed by atoms with van der Waals surface area (Å²) in [6, 6.07) is 15.8. The number of unbranched alkanes of at least 4 members (excludes halogenated alkanes) is 1. The van der Waals surface area contributed by atoms with Crippen LogP contribution in [0, 0.1) is 0 Å². The van der Waals surface area contributed by atoms with Crippen LogP contribution in [0.3, 0.4) is 0 Å². The smallest absolute Gasteiger partial charge is 0.284 e. The Morgan fingerprint density at radius 2 is 1.94 bits per heavy atom. The molecule has 0 atom stereocenters. The van der Waals surface area contributed by atoms with E-state index in [2.05, 4.69) is 39.8 Å². The minimum absolute atomic E-state index is 0.0574. The second-order valence-electron chi connectivity index (χ2n) is 8.31. The Bertz CT molecular complexity index is 1410. The van der Waals surface area contributed by atoms with E-state index in [0.717, 1.165) is 47.2 Å². The summed E-state index contributed by atoms with van der Waals surface area (Å²) in [6.45, 7) is 2.71. The van der Waals surface area contributed by atoms with E-state index in [1.807, 2.05) is 41.1 Å². The van der Waals surface area contributed by atoms with Crippen LogP contribution in [0.15, 0.2) is 72.4 Å². The highest BCUT2D eigenvalue weighted by molar-refractivity contribution is 6.30. The molecule has 1 aliphatic rings. The number of amidine groups is 1. The van der Waals surface area contributed by atoms with Crippen molar-refractivity contribution in [2.45, 2.75) is 39.0 Å². The lowest BCUT2D eigenvalue weighted by Gasteiger charge is -2.17. The molecule has 0 saturated carbocycles. The Kier molecular flexibility index (Phi) is 6.37. The number of para-hydroxylation sites is 1. The first-order valence-electron chi connectivity index (χ1n) is 11.5. The van der Waals surface area contributed by atoms with Gasteiger partial charge in [-0.05, 0) is 36.2 Å². The topological polar surface area (TPSA) is 99.8 Å². The Balaban J connectivity index is 1.59. The summed E-state index contributed by atoms with van der Waals surface area (Å²) in [5.41, 5.74) is 10.2. The fraction of sp³-hybridized carbons (Fsp3) is 0.231. The van der Waals surface area contributed by atoms with Gasteiger partial charge in [0.15, 0.2) is 11.0 Å².